The van der Waals surface area contributed by atoms with E-state index in [1.165, 1.54) is 4.90 Å². The minimum Gasteiger partial charge on any atom is -0.490 e. The molecule has 0 saturated carbocycles. The number of amides is 1. The van der Waals surface area contributed by atoms with Crippen LogP contribution in [-0.4, -0.2) is 59.5 Å². The third-order valence-corrected chi connectivity index (χ3v) is 3.54. The van der Waals surface area contributed by atoms with Gasteiger partial charge in [-0.3, -0.25) is 4.79 Å². The molecule has 2 unspecified atom stereocenters. The standard InChI is InChI=1S/C14H17NO5/c16-10-7-15(8-11(10)17)14(18)9-2-3-12-13(6-9)20-5-1-4-19-12/h2-3,6,10-11,16-17H,1,4-5,7-8H2. The van der Waals surface area contributed by atoms with Crippen LogP contribution in [0.3, 0.4) is 0 Å². The largest absolute Gasteiger partial charge is 0.490 e. The van der Waals surface area contributed by atoms with Gasteiger partial charge in [0.15, 0.2) is 11.5 Å². The van der Waals surface area contributed by atoms with Crippen molar-refractivity contribution in [2.45, 2.75) is 18.6 Å². The second-order valence-corrected chi connectivity index (χ2v) is 5.06. The number of carbonyl (C=O) groups excluding carboxylic acids is 1. The molecular formula is C14H17NO5. The molecule has 1 fully saturated rings. The summed E-state index contributed by atoms with van der Waals surface area (Å²) in [6, 6.07) is 5.05. The molecule has 1 saturated heterocycles. The van der Waals surface area contributed by atoms with Crippen LogP contribution in [0.5, 0.6) is 11.5 Å². The summed E-state index contributed by atoms with van der Waals surface area (Å²) in [5.74, 6) is 0.977. The third-order valence-electron chi connectivity index (χ3n) is 3.54. The molecule has 2 N–H and O–H groups in total. The van der Waals surface area contributed by atoms with Gasteiger partial charge in [-0.15, -0.1) is 0 Å². The number of nitrogens with zero attached hydrogens (tertiary/aromatic N) is 1. The molecule has 108 valence electrons. The minimum absolute atomic E-state index is 0.147. The minimum atomic E-state index is -0.876. The average molecular weight is 279 g/mol. The Hall–Kier alpha value is -1.79. The Morgan fingerprint density at radius 1 is 1.10 bits per heavy atom. The summed E-state index contributed by atoms with van der Waals surface area (Å²) in [6.07, 6.45) is -0.943. The first-order chi connectivity index (χ1) is 9.65. The fraction of sp³-hybridized carbons (Fsp3) is 0.500. The first-order valence-electron chi connectivity index (χ1n) is 6.70. The summed E-state index contributed by atoms with van der Waals surface area (Å²) in [6.45, 7) is 1.46. The Bertz CT molecular complexity index is 508. The molecule has 2 heterocycles. The molecule has 0 spiro atoms. The maximum absolute atomic E-state index is 12.3. The lowest BCUT2D eigenvalue weighted by atomic mass is 10.1. The molecule has 2 atom stereocenters. The Balaban J connectivity index is 1.80. The van der Waals surface area contributed by atoms with Crippen LogP contribution in [0.2, 0.25) is 0 Å². The number of fused-ring (bicyclic) bond motifs is 1. The van der Waals surface area contributed by atoms with Crippen molar-refractivity contribution in [1.82, 2.24) is 4.90 Å². The topological polar surface area (TPSA) is 79.2 Å². The predicted octanol–water partition coefficient (Wildman–Crippen LogP) is 0.0255. The number of benzene rings is 1. The van der Waals surface area contributed by atoms with Crippen molar-refractivity contribution in [3.8, 4) is 11.5 Å². The number of carbonyl (C=O) groups is 1. The predicted molar refractivity (Wildman–Crippen MR) is 70.0 cm³/mol. The zero-order valence-corrected chi connectivity index (χ0v) is 11.0. The van der Waals surface area contributed by atoms with Crippen LogP contribution in [0.25, 0.3) is 0 Å². The average Bonchev–Trinajstić information content (AvgIpc) is 2.67. The van der Waals surface area contributed by atoms with E-state index in [2.05, 4.69) is 0 Å². The number of ether oxygens (including phenoxy) is 2. The van der Waals surface area contributed by atoms with E-state index >= 15 is 0 Å². The summed E-state index contributed by atoms with van der Waals surface area (Å²) >= 11 is 0. The molecular weight excluding hydrogens is 262 g/mol. The molecule has 6 heteroatoms. The van der Waals surface area contributed by atoms with Crippen LogP contribution in [0.1, 0.15) is 16.8 Å². The number of β-amino-alcohol motifs (C(OH)–C–C–N with tert-alkyl or cyclic N) is 2. The highest BCUT2D eigenvalue weighted by Crippen LogP contribution is 2.31. The van der Waals surface area contributed by atoms with E-state index in [1.807, 2.05) is 0 Å². The molecule has 1 amide bonds. The molecule has 0 aromatic heterocycles. The summed E-state index contributed by atoms with van der Waals surface area (Å²) in [4.78, 5) is 13.8. The van der Waals surface area contributed by atoms with Gasteiger partial charge in [0.2, 0.25) is 0 Å². The third kappa shape index (κ3) is 2.44. The second-order valence-electron chi connectivity index (χ2n) is 5.06. The number of rotatable bonds is 1. The van der Waals surface area contributed by atoms with Gasteiger partial charge >= 0.3 is 0 Å². The van der Waals surface area contributed by atoms with Gasteiger partial charge in [0, 0.05) is 25.1 Å². The van der Waals surface area contributed by atoms with Crippen LogP contribution in [0, 0.1) is 0 Å². The molecule has 2 aliphatic rings. The maximum atomic E-state index is 12.3. The molecule has 3 rings (SSSR count). The highest BCUT2D eigenvalue weighted by molar-refractivity contribution is 5.95. The van der Waals surface area contributed by atoms with E-state index in [9.17, 15) is 15.0 Å². The normalized spacial score (nSPS) is 25.4. The summed E-state index contributed by atoms with van der Waals surface area (Å²) in [5, 5.41) is 19.0. The maximum Gasteiger partial charge on any atom is 0.254 e. The van der Waals surface area contributed by atoms with Gasteiger partial charge in [-0.1, -0.05) is 0 Å². The molecule has 0 radical (unpaired) electrons. The van der Waals surface area contributed by atoms with E-state index in [4.69, 9.17) is 9.47 Å². The lowest BCUT2D eigenvalue weighted by Crippen LogP contribution is -2.29. The lowest BCUT2D eigenvalue weighted by molar-refractivity contribution is 0.0572. The van der Waals surface area contributed by atoms with Crippen molar-refractivity contribution in [2.75, 3.05) is 26.3 Å². The molecule has 1 aromatic carbocycles. The first kappa shape index (κ1) is 13.2. The van der Waals surface area contributed by atoms with Gasteiger partial charge in [-0.05, 0) is 18.2 Å². The Kier molecular flexibility index (Phi) is 3.50. The van der Waals surface area contributed by atoms with Crippen molar-refractivity contribution >= 4 is 5.91 Å². The lowest BCUT2D eigenvalue weighted by Gasteiger charge is -2.16. The highest BCUT2D eigenvalue weighted by atomic mass is 16.5. The highest BCUT2D eigenvalue weighted by Gasteiger charge is 2.33. The molecule has 6 nitrogen and oxygen atoms in total. The Labute approximate surface area is 116 Å². The summed E-state index contributed by atoms with van der Waals surface area (Å²) in [7, 11) is 0. The van der Waals surface area contributed by atoms with Crippen LogP contribution in [0.4, 0.5) is 0 Å². The number of aliphatic hydroxyl groups is 2. The van der Waals surface area contributed by atoms with Gasteiger partial charge < -0.3 is 24.6 Å². The van der Waals surface area contributed by atoms with Crippen molar-refractivity contribution in [1.29, 1.82) is 0 Å². The van der Waals surface area contributed by atoms with Gasteiger partial charge in [0.05, 0.1) is 25.4 Å². The second kappa shape index (κ2) is 5.30. The van der Waals surface area contributed by atoms with Crippen LogP contribution < -0.4 is 9.47 Å². The van der Waals surface area contributed by atoms with Crippen molar-refractivity contribution < 1.29 is 24.5 Å². The van der Waals surface area contributed by atoms with Crippen molar-refractivity contribution in [3.05, 3.63) is 23.8 Å². The van der Waals surface area contributed by atoms with Crippen LogP contribution >= 0.6 is 0 Å². The summed E-state index contributed by atoms with van der Waals surface area (Å²) in [5.41, 5.74) is 0.468. The van der Waals surface area contributed by atoms with E-state index in [-0.39, 0.29) is 19.0 Å². The van der Waals surface area contributed by atoms with Crippen molar-refractivity contribution in [3.63, 3.8) is 0 Å². The van der Waals surface area contributed by atoms with E-state index < -0.39 is 12.2 Å². The molecule has 2 aliphatic heterocycles. The molecule has 0 aliphatic carbocycles. The van der Waals surface area contributed by atoms with Crippen molar-refractivity contribution in [2.24, 2.45) is 0 Å². The van der Waals surface area contributed by atoms with Crippen LogP contribution in [-0.2, 0) is 0 Å². The monoisotopic (exact) mass is 279 g/mol. The van der Waals surface area contributed by atoms with Gasteiger partial charge in [-0.25, -0.2) is 0 Å². The zero-order valence-electron chi connectivity index (χ0n) is 11.0. The van der Waals surface area contributed by atoms with E-state index in [0.29, 0.717) is 30.3 Å². The molecule has 1 aromatic rings. The molecule has 20 heavy (non-hydrogen) atoms. The first-order valence-corrected chi connectivity index (χ1v) is 6.70. The number of hydrogen-bond acceptors (Lipinski definition) is 5. The SMILES string of the molecule is O=C(c1ccc2c(c1)OCCCO2)N1CC(O)C(O)C1. The van der Waals surface area contributed by atoms with E-state index in [0.717, 1.165) is 6.42 Å². The quantitative estimate of drug-likeness (QED) is 0.758. The fourth-order valence-electron chi connectivity index (χ4n) is 2.41. The van der Waals surface area contributed by atoms with Gasteiger partial charge in [-0.2, -0.15) is 0 Å². The number of likely N-dealkylation sites (tertiary alicyclic amines) is 1. The Morgan fingerprint density at radius 2 is 1.75 bits per heavy atom. The smallest absolute Gasteiger partial charge is 0.254 e. The van der Waals surface area contributed by atoms with Gasteiger partial charge in [0.25, 0.3) is 5.91 Å². The zero-order chi connectivity index (χ0) is 14.1. The fourth-order valence-corrected chi connectivity index (χ4v) is 2.41. The van der Waals surface area contributed by atoms with Gasteiger partial charge in [0.1, 0.15) is 0 Å². The summed E-state index contributed by atoms with van der Waals surface area (Å²) < 4.78 is 11.1. The number of hydrogen-bond donors (Lipinski definition) is 2. The van der Waals surface area contributed by atoms with Crippen LogP contribution in [0.15, 0.2) is 18.2 Å². The number of aliphatic hydroxyl groups excluding tert-OH is 2. The Morgan fingerprint density at radius 3 is 2.45 bits per heavy atom. The molecule has 0 bridgehead atoms. The van der Waals surface area contributed by atoms with E-state index in [1.54, 1.807) is 18.2 Å².